The summed E-state index contributed by atoms with van der Waals surface area (Å²) in [5, 5.41) is 9.16. The third-order valence-corrected chi connectivity index (χ3v) is 6.35. The van der Waals surface area contributed by atoms with Gasteiger partial charge < -0.3 is 9.47 Å². The molecule has 2 aromatic carbocycles. The molecule has 0 radical (unpaired) electrons. The van der Waals surface area contributed by atoms with Crippen LogP contribution in [0.4, 0.5) is 0 Å². The maximum absolute atomic E-state index is 6.40. The van der Waals surface area contributed by atoms with Crippen molar-refractivity contribution in [2.45, 2.75) is 18.7 Å². The molecule has 4 nitrogen and oxygen atoms in total. The first kappa shape index (κ1) is 16.8. The highest BCUT2D eigenvalue weighted by atomic mass is 79.9. The fourth-order valence-corrected chi connectivity index (χ4v) is 4.76. The first-order valence-electron chi connectivity index (χ1n) is 8.72. The van der Waals surface area contributed by atoms with Crippen molar-refractivity contribution in [3.8, 4) is 11.5 Å². The van der Waals surface area contributed by atoms with Crippen molar-refractivity contribution in [3.05, 3.63) is 80.5 Å². The van der Waals surface area contributed by atoms with Crippen LogP contribution in [0.5, 0.6) is 11.5 Å². The van der Waals surface area contributed by atoms with Gasteiger partial charge in [-0.05, 0) is 41.8 Å². The van der Waals surface area contributed by atoms with Crippen LogP contribution < -0.4 is 9.47 Å². The van der Waals surface area contributed by atoms with Gasteiger partial charge in [0.1, 0.15) is 11.5 Å². The van der Waals surface area contributed by atoms with E-state index in [4.69, 9.17) is 14.6 Å². The van der Waals surface area contributed by atoms with E-state index in [9.17, 15) is 0 Å². The molecule has 2 unspecified atom stereocenters. The number of fused-ring (bicyclic) bond motifs is 3. The molecule has 0 saturated carbocycles. The van der Waals surface area contributed by atoms with Gasteiger partial charge in [-0.1, -0.05) is 34.1 Å². The topological polar surface area (TPSA) is 34.1 Å². The van der Waals surface area contributed by atoms with Crippen LogP contribution in [0.15, 0.2) is 69.6 Å². The summed E-state index contributed by atoms with van der Waals surface area (Å²) in [6.45, 7) is 0. The number of benzene rings is 2. The zero-order valence-corrected chi connectivity index (χ0v) is 17.0. The van der Waals surface area contributed by atoms with E-state index in [0.717, 1.165) is 33.7 Å². The molecule has 6 heteroatoms. The number of hydrazone groups is 1. The number of ether oxygens (including phenoxy) is 2. The number of methoxy groups -OCH3 is 1. The largest absolute Gasteiger partial charge is 0.497 e. The number of rotatable bonds is 3. The lowest BCUT2D eigenvalue weighted by atomic mass is 9.97. The highest BCUT2D eigenvalue weighted by Gasteiger charge is 2.41. The van der Waals surface area contributed by atoms with Crippen LogP contribution in [-0.4, -0.2) is 17.8 Å². The minimum Gasteiger partial charge on any atom is -0.497 e. The Morgan fingerprint density at radius 1 is 1.19 bits per heavy atom. The van der Waals surface area contributed by atoms with Gasteiger partial charge in [0.15, 0.2) is 0 Å². The summed E-state index contributed by atoms with van der Waals surface area (Å²) < 4.78 is 12.9. The van der Waals surface area contributed by atoms with Gasteiger partial charge in [-0.2, -0.15) is 5.10 Å². The Hall–Kier alpha value is -2.31. The van der Waals surface area contributed by atoms with Crippen molar-refractivity contribution in [1.29, 1.82) is 0 Å². The van der Waals surface area contributed by atoms with E-state index in [2.05, 4.69) is 50.6 Å². The zero-order valence-electron chi connectivity index (χ0n) is 14.6. The average Bonchev–Trinajstić information content (AvgIpc) is 3.37. The fourth-order valence-electron chi connectivity index (χ4n) is 3.66. The molecule has 2 aliphatic heterocycles. The number of nitrogens with zero attached hydrogens (tertiary/aromatic N) is 2. The monoisotopic (exact) mass is 440 g/mol. The van der Waals surface area contributed by atoms with E-state index in [0.29, 0.717) is 0 Å². The molecule has 2 atom stereocenters. The Kier molecular flexibility index (Phi) is 4.17. The van der Waals surface area contributed by atoms with Gasteiger partial charge >= 0.3 is 0 Å². The lowest BCUT2D eigenvalue weighted by molar-refractivity contribution is -0.0191. The predicted octanol–water partition coefficient (Wildman–Crippen LogP) is 5.76. The summed E-state index contributed by atoms with van der Waals surface area (Å²) in [5.74, 6) is 1.73. The van der Waals surface area contributed by atoms with Crippen LogP contribution in [0.2, 0.25) is 0 Å². The first-order chi connectivity index (χ1) is 13.2. The summed E-state index contributed by atoms with van der Waals surface area (Å²) in [6, 6.07) is 18.6. The minimum absolute atomic E-state index is 0.152. The molecule has 0 fully saturated rings. The van der Waals surface area contributed by atoms with E-state index in [1.54, 1.807) is 18.4 Å². The second-order valence-corrected chi connectivity index (χ2v) is 8.42. The highest BCUT2D eigenvalue weighted by molar-refractivity contribution is 9.10. The second kappa shape index (κ2) is 6.69. The molecule has 0 N–H and O–H groups in total. The van der Waals surface area contributed by atoms with Gasteiger partial charge in [0.05, 0.1) is 23.7 Å². The van der Waals surface area contributed by atoms with Crippen molar-refractivity contribution in [2.24, 2.45) is 5.10 Å². The molecular weight excluding hydrogens is 424 g/mol. The van der Waals surface area contributed by atoms with E-state index in [-0.39, 0.29) is 12.3 Å². The lowest BCUT2D eigenvalue weighted by Crippen LogP contribution is -2.33. The van der Waals surface area contributed by atoms with E-state index >= 15 is 0 Å². The zero-order chi connectivity index (χ0) is 18.4. The predicted molar refractivity (Wildman–Crippen MR) is 111 cm³/mol. The van der Waals surface area contributed by atoms with Crippen molar-refractivity contribution < 1.29 is 9.47 Å². The highest BCUT2D eigenvalue weighted by Crippen LogP contribution is 2.48. The number of hydrogen-bond acceptors (Lipinski definition) is 5. The normalized spacial score (nSPS) is 20.5. The van der Waals surface area contributed by atoms with Crippen LogP contribution in [-0.2, 0) is 0 Å². The molecule has 3 aromatic rings. The molecular formula is C21H17BrN2O2S. The Morgan fingerprint density at radius 2 is 2.11 bits per heavy atom. The molecule has 0 saturated heterocycles. The van der Waals surface area contributed by atoms with Gasteiger partial charge in [-0.15, -0.1) is 11.3 Å². The second-order valence-electron chi connectivity index (χ2n) is 6.55. The number of halogens is 1. The fraction of sp³-hybridized carbons (Fsp3) is 0.190. The summed E-state index contributed by atoms with van der Waals surface area (Å²) in [6.07, 6.45) is 0.588. The van der Waals surface area contributed by atoms with E-state index in [1.165, 1.54) is 10.4 Å². The summed E-state index contributed by atoms with van der Waals surface area (Å²) in [4.78, 5) is 1.21. The van der Waals surface area contributed by atoms with Crippen LogP contribution in [0.25, 0.3) is 0 Å². The van der Waals surface area contributed by atoms with Crippen LogP contribution in [0.3, 0.4) is 0 Å². The third-order valence-electron chi connectivity index (χ3n) is 4.94. The van der Waals surface area contributed by atoms with Gasteiger partial charge in [0, 0.05) is 22.0 Å². The van der Waals surface area contributed by atoms with Crippen LogP contribution in [0, 0.1) is 0 Å². The molecule has 0 bridgehead atoms. The molecule has 0 spiro atoms. The Balaban J connectivity index is 1.61. The lowest BCUT2D eigenvalue weighted by Gasteiger charge is -2.38. The van der Waals surface area contributed by atoms with Crippen molar-refractivity contribution in [3.63, 3.8) is 0 Å². The molecule has 136 valence electrons. The number of thiophene rings is 1. The van der Waals surface area contributed by atoms with Gasteiger partial charge in [-0.3, -0.25) is 0 Å². The quantitative estimate of drug-likeness (QED) is 0.518. The standard InChI is InChI=1S/C21H17BrN2O2S/c1-25-15-5-2-4-13(10-15)21-24-18(12-17(23-24)20-6-3-9-27-20)16-11-14(22)7-8-19(16)26-21/h2-11,18,21H,12H2,1H3. The SMILES string of the molecule is COc1cccc(C2Oc3ccc(Br)cc3C3CC(c4cccs4)=NN32)c1. The molecule has 2 aliphatic rings. The third kappa shape index (κ3) is 2.93. The number of hydrogen-bond donors (Lipinski definition) is 0. The maximum Gasteiger partial charge on any atom is 0.214 e. The molecule has 0 amide bonds. The molecule has 1 aromatic heterocycles. The van der Waals surface area contributed by atoms with Crippen LogP contribution >= 0.6 is 27.3 Å². The smallest absolute Gasteiger partial charge is 0.214 e. The Morgan fingerprint density at radius 3 is 2.93 bits per heavy atom. The summed E-state index contributed by atoms with van der Waals surface area (Å²) in [7, 11) is 1.68. The van der Waals surface area contributed by atoms with E-state index < -0.39 is 0 Å². The van der Waals surface area contributed by atoms with Gasteiger partial charge in [-0.25, -0.2) is 5.01 Å². The molecule has 3 heterocycles. The Bertz CT molecular complexity index is 1020. The maximum atomic E-state index is 6.40. The minimum atomic E-state index is -0.281. The van der Waals surface area contributed by atoms with E-state index in [1.807, 2.05) is 30.3 Å². The van der Waals surface area contributed by atoms with Crippen LogP contribution in [0.1, 0.15) is 34.7 Å². The van der Waals surface area contributed by atoms with Crippen molar-refractivity contribution >= 4 is 33.0 Å². The van der Waals surface area contributed by atoms with Crippen molar-refractivity contribution in [2.75, 3.05) is 7.11 Å². The first-order valence-corrected chi connectivity index (χ1v) is 10.4. The summed E-state index contributed by atoms with van der Waals surface area (Å²) in [5.41, 5.74) is 3.31. The van der Waals surface area contributed by atoms with Gasteiger partial charge in [0.2, 0.25) is 6.23 Å². The molecule has 27 heavy (non-hydrogen) atoms. The molecule has 5 rings (SSSR count). The van der Waals surface area contributed by atoms with Gasteiger partial charge in [0.25, 0.3) is 0 Å². The summed E-state index contributed by atoms with van der Waals surface area (Å²) >= 11 is 5.32. The Labute approximate surface area is 170 Å². The average molecular weight is 441 g/mol. The molecule has 0 aliphatic carbocycles. The van der Waals surface area contributed by atoms with Crippen molar-refractivity contribution in [1.82, 2.24) is 5.01 Å².